The average Bonchev–Trinajstić information content (AvgIpc) is 2.50. The second kappa shape index (κ2) is 6.59. The molecule has 6 heteroatoms. The van der Waals surface area contributed by atoms with Gasteiger partial charge >= 0.3 is 0 Å². The molecule has 0 bridgehead atoms. The summed E-state index contributed by atoms with van der Waals surface area (Å²) < 4.78 is 13.5. The second-order valence-corrected chi connectivity index (χ2v) is 4.39. The molecule has 0 aromatic heterocycles. The number of rotatable bonds is 5. The number of nitriles is 1. The van der Waals surface area contributed by atoms with Gasteiger partial charge in [-0.15, -0.1) is 0 Å². The zero-order chi connectivity index (χ0) is 15.2. The molecule has 0 aliphatic carbocycles. The Hall–Kier alpha value is -2.78. The molecule has 0 heterocycles. The van der Waals surface area contributed by atoms with Crippen LogP contribution in [0.25, 0.3) is 0 Å². The van der Waals surface area contributed by atoms with Crippen LogP contribution in [0.15, 0.2) is 48.5 Å². The molecule has 0 saturated heterocycles. The molecule has 0 spiro atoms. The first-order chi connectivity index (χ1) is 10.1. The summed E-state index contributed by atoms with van der Waals surface area (Å²) >= 11 is 0. The molecule has 0 amide bonds. The maximum absolute atomic E-state index is 13.5. The fraction of sp³-hybridized carbons (Fsp3) is 0.133. The standard InChI is InChI=1S/C15H12FN3O2/c16-14-7-2-1-4-12(14)10-18-15(9-17)11-5-3-6-13(8-11)19(20)21/h1-8,15,18H,10H2. The second-order valence-electron chi connectivity index (χ2n) is 4.39. The Kier molecular flexibility index (Phi) is 4.59. The molecule has 1 atom stereocenters. The smallest absolute Gasteiger partial charge is 0.269 e. The van der Waals surface area contributed by atoms with Crippen molar-refractivity contribution in [3.8, 4) is 6.07 Å². The monoisotopic (exact) mass is 285 g/mol. The topological polar surface area (TPSA) is 79.0 Å². The minimum absolute atomic E-state index is 0.0829. The molecule has 5 nitrogen and oxygen atoms in total. The van der Waals surface area contributed by atoms with Crippen molar-refractivity contribution in [2.75, 3.05) is 0 Å². The first kappa shape index (κ1) is 14.6. The van der Waals surface area contributed by atoms with E-state index in [0.717, 1.165) is 0 Å². The number of nitro benzene ring substituents is 1. The van der Waals surface area contributed by atoms with Crippen molar-refractivity contribution in [2.24, 2.45) is 0 Å². The summed E-state index contributed by atoms with van der Waals surface area (Å²) in [5.74, 6) is -0.360. The van der Waals surface area contributed by atoms with E-state index in [1.54, 1.807) is 24.3 Å². The van der Waals surface area contributed by atoms with E-state index in [0.29, 0.717) is 11.1 Å². The SMILES string of the molecule is N#CC(NCc1ccccc1F)c1cccc([N+](=O)[O-])c1. The Morgan fingerprint density at radius 3 is 2.71 bits per heavy atom. The van der Waals surface area contributed by atoms with Gasteiger partial charge in [-0.1, -0.05) is 30.3 Å². The van der Waals surface area contributed by atoms with Crippen LogP contribution in [0.3, 0.4) is 0 Å². The lowest BCUT2D eigenvalue weighted by Crippen LogP contribution is -2.20. The van der Waals surface area contributed by atoms with Gasteiger partial charge in [0.25, 0.3) is 5.69 Å². The molecule has 2 aromatic rings. The number of hydrogen-bond acceptors (Lipinski definition) is 4. The van der Waals surface area contributed by atoms with Crippen LogP contribution in [0.4, 0.5) is 10.1 Å². The molecule has 21 heavy (non-hydrogen) atoms. The van der Waals surface area contributed by atoms with Gasteiger partial charge in [0.05, 0.1) is 11.0 Å². The molecule has 106 valence electrons. The molecule has 2 aromatic carbocycles. The molecular formula is C15H12FN3O2. The third-order valence-corrected chi connectivity index (χ3v) is 3.00. The minimum Gasteiger partial charge on any atom is -0.294 e. The predicted octanol–water partition coefficient (Wildman–Crippen LogP) is 3.09. The van der Waals surface area contributed by atoms with Crippen molar-refractivity contribution in [1.82, 2.24) is 5.32 Å². The van der Waals surface area contributed by atoms with E-state index >= 15 is 0 Å². The highest BCUT2D eigenvalue weighted by Gasteiger charge is 2.14. The number of nitrogens with zero attached hydrogens (tertiary/aromatic N) is 2. The summed E-state index contributed by atoms with van der Waals surface area (Å²) in [4.78, 5) is 10.2. The molecule has 1 N–H and O–H groups in total. The molecule has 1 unspecified atom stereocenters. The molecule has 2 rings (SSSR count). The van der Waals surface area contributed by atoms with Crippen LogP contribution < -0.4 is 5.32 Å². The first-order valence-corrected chi connectivity index (χ1v) is 6.22. The highest BCUT2D eigenvalue weighted by molar-refractivity contribution is 5.37. The fourth-order valence-electron chi connectivity index (χ4n) is 1.91. The normalized spacial score (nSPS) is 11.6. The maximum Gasteiger partial charge on any atom is 0.269 e. The quantitative estimate of drug-likeness (QED) is 0.676. The lowest BCUT2D eigenvalue weighted by Gasteiger charge is -2.12. The third kappa shape index (κ3) is 3.61. The van der Waals surface area contributed by atoms with Crippen LogP contribution in [-0.4, -0.2) is 4.92 Å². The van der Waals surface area contributed by atoms with Crippen molar-refractivity contribution >= 4 is 5.69 Å². The number of halogens is 1. The Morgan fingerprint density at radius 2 is 2.05 bits per heavy atom. The van der Waals surface area contributed by atoms with Gasteiger partial charge in [-0.2, -0.15) is 5.26 Å². The summed E-state index contributed by atoms with van der Waals surface area (Å²) in [6, 6.07) is 13.3. The molecule has 0 aliphatic rings. The molecular weight excluding hydrogens is 273 g/mol. The lowest BCUT2D eigenvalue weighted by atomic mass is 10.1. The van der Waals surface area contributed by atoms with Crippen LogP contribution in [0.5, 0.6) is 0 Å². The van der Waals surface area contributed by atoms with Crippen LogP contribution in [-0.2, 0) is 6.54 Å². The molecule has 0 fully saturated rings. The van der Waals surface area contributed by atoms with E-state index in [4.69, 9.17) is 0 Å². The van der Waals surface area contributed by atoms with E-state index in [1.165, 1.54) is 24.3 Å². The molecule has 0 aliphatic heterocycles. The van der Waals surface area contributed by atoms with Gasteiger partial charge in [0.2, 0.25) is 0 Å². The molecule has 0 radical (unpaired) electrons. The lowest BCUT2D eigenvalue weighted by molar-refractivity contribution is -0.384. The van der Waals surface area contributed by atoms with Gasteiger partial charge in [-0.3, -0.25) is 15.4 Å². The number of nitro groups is 1. The number of nitrogens with one attached hydrogen (secondary N) is 1. The fourth-order valence-corrected chi connectivity index (χ4v) is 1.91. The Balaban J connectivity index is 2.14. The average molecular weight is 285 g/mol. The largest absolute Gasteiger partial charge is 0.294 e. The summed E-state index contributed by atoms with van der Waals surface area (Å²) in [5.41, 5.74) is 0.826. The van der Waals surface area contributed by atoms with Crippen LogP contribution in [0, 0.1) is 27.3 Å². The van der Waals surface area contributed by atoms with E-state index in [9.17, 15) is 19.8 Å². The van der Waals surface area contributed by atoms with Crippen molar-refractivity contribution in [2.45, 2.75) is 12.6 Å². The van der Waals surface area contributed by atoms with Crippen molar-refractivity contribution in [3.05, 3.63) is 75.6 Å². The zero-order valence-electron chi connectivity index (χ0n) is 11.0. The van der Waals surface area contributed by atoms with E-state index in [-0.39, 0.29) is 18.0 Å². The first-order valence-electron chi connectivity index (χ1n) is 6.22. The van der Waals surface area contributed by atoms with Crippen LogP contribution in [0.1, 0.15) is 17.2 Å². The Bertz CT molecular complexity index is 697. The summed E-state index contributed by atoms with van der Waals surface area (Å²) in [7, 11) is 0. The van der Waals surface area contributed by atoms with Gasteiger partial charge in [0.15, 0.2) is 0 Å². The predicted molar refractivity (Wildman–Crippen MR) is 74.7 cm³/mol. The van der Waals surface area contributed by atoms with Gasteiger partial charge in [-0.25, -0.2) is 4.39 Å². The zero-order valence-corrected chi connectivity index (χ0v) is 11.0. The third-order valence-electron chi connectivity index (χ3n) is 3.00. The summed E-state index contributed by atoms with van der Waals surface area (Å²) in [5, 5.41) is 22.8. The summed E-state index contributed by atoms with van der Waals surface area (Å²) in [6.45, 7) is 0.160. The Labute approximate surface area is 120 Å². The molecule has 0 saturated carbocycles. The van der Waals surface area contributed by atoms with Gasteiger partial charge in [0, 0.05) is 24.2 Å². The number of non-ortho nitro benzene ring substituents is 1. The minimum atomic E-state index is -0.746. The van der Waals surface area contributed by atoms with Gasteiger partial charge < -0.3 is 0 Å². The highest BCUT2D eigenvalue weighted by Crippen LogP contribution is 2.19. The van der Waals surface area contributed by atoms with Gasteiger partial charge in [0.1, 0.15) is 11.9 Å². The van der Waals surface area contributed by atoms with Crippen molar-refractivity contribution < 1.29 is 9.31 Å². The number of hydrogen-bond donors (Lipinski definition) is 1. The van der Waals surface area contributed by atoms with Crippen molar-refractivity contribution in [3.63, 3.8) is 0 Å². The summed E-state index contributed by atoms with van der Waals surface area (Å²) in [6.07, 6.45) is 0. The maximum atomic E-state index is 13.5. The van der Waals surface area contributed by atoms with Gasteiger partial charge in [-0.05, 0) is 11.6 Å². The van der Waals surface area contributed by atoms with E-state index < -0.39 is 11.0 Å². The van der Waals surface area contributed by atoms with E-state index in [1.807, 2.05) is 6.07 Å². The van der Waals surface area contributed by atoms with Crippen molar-refractivity contribution in [1.29, 1.82) is 5.26 Å². The van der Waals surface area contributed by atoms with Crippen LogP contribution >= 0.6 is 0 Å². The number of benzene rings is 2. The Morgan fingerprint density at radius 1 is 1.29 bits per heavy atom. The van der Waals surface area contributed by atoms with E-state index in [2.05, 4.69) is 5.32 Å². The van der Waals surface area contributed by atoms with Crippen LogP contribution in [0.2, 0.25) is 0 Å². The highest BCUT2D eigenvalue weighted by atomic mass is 19.1.